The topological polar surface area (TPSA) is 67.2 Å². The number of benzene rings is 1. The summed E-state index contributed by atoms with van der Waals surface area (Å²) >= 11 is 11.8. The summed E-state index contributed by atoms with van der Waals surface area (Å²) in [6, 6.07) is 4.83. The zero-order valence-electron chi connectivity index (χ0n) is 10.5. The fourth-order valence-electron chi connectivity index (χ4n) is 1.69. The second-order valence-corrected chi connectivity index (χ2v) is 5.06. The van der Waals surface area contributed by atoms with Crippen LogP contribution in [0.25, 0.3) is 0 Å². The number of nitrogens with zero attached hydrogens (tertiary/aromatic N) is 2. The number of carbonyl (C=O) groups is 1. The van der Waals surface area contributed by atoms with Crippen LogP contribution in [-0.4, -0.2) is 27.1 Å². The van der Waals surface area contributed by atoms with E-state index in [0.717, 1.165) is 0 Å². The van der Waals surface area contributed by atoms with E-state index < -0.39 is 6.10 Å². The van der Waals surface area contributed by atoms with Crippen LogP contribution in [0.3, 0.4) is 0 Å². The quantitative estimate of drug-likeness (QED) is 0.887. The summed E-state index contributed by atoms with van der Waals surface area (Å²) in [5, 5.41) is 13.5. The third-order valence-corrected chi connectivity index (χ3v) is 3.26. The maximum atomic E-state index is 11.7. The monoisotopic (exact) mass is 313 g/mol. The van der Waals surface area contributed by atoms with Crippen LogP contribution in [0.5, 0.6) is 0 Å². The van der Waals surface area contributed by atoms with E-state index in [0.29, 0.717) is 15.6 Å². The number of rotatable bonds is 5. The lowest BCUT2D eigenvalue weighted by atomic mass is 10.1. The van der Waals surface area contributed by atoms with E-state index in [-0.39, 0.29) is 19.0 Å². The molecule has 0 unspecified atom stereocenters. The zero-order chi connectivity index (χ0) is 14.5. The largest absolute Gasteiger partial charge is 0.387 e. The molecule has 5 nitrogen and oxygen atoms in total. The fraction of sp³-hybridized carbons (Fsp3) is 0.231. The lowest BCUT2D eigenvalue weighted by molar-refractivity contribution is -0.122. The van der Waals surface area contributed by atoms with Gasteiger partial charge in [0.25, 0.3) is 0 Å². The van der Waals surface area contributed by atoms with Gasteiger partial charge in [0.15, 0.2) is 0 Å². The van der Waals surface area contributed by atoms with E-state index in [4.69, 9.17) is 23.2 Å². The molecule has 1 aromatic heterocycles. The van der Waals surface area contributed by atoms with E-state index in [2.05, 4.69) is 10.3 Å². The number of imidazole rings is 1. The molecule has 0 spiro atoms. The second kappa shape index (κ2) is 6.74. The molecule has 0 bridgehead atoms. The Hall–Kier alpha value is -1.56. The van der Waals surface area contributed by atoms with E-state index in [1.165, 1.54) is 0 Å². The van der Waals surface area contributed by atoms with Crippen molar-refractivity contribution in [2.24, 2.45) is 0 Å². The average Bonchev–Trinajstić information content (AvgIpc) is 2.89. The van der Waals surface area contributed by atoms with Crippen LogP contribution in [0.4, 0.5) is 0 Å². The van der Waals surface area contributed by atoms with Gasteiger partial charge in [-0.1, -0.05) is 29.3 Å². The van der Waals surface area contributed by atoms with Crippen LogP contribution in [0, 0.1) is 0 Å². The van der Waals surface area contributed by atoms with Crippen molar-refractivity contribution in [1.29, 1.82) is 0 Å². The Kier molecular flexibility index (Phi) is 5.00. The molecule has 2 N–H and O–H groups in total. The third kappa shape index (κ3) is 3.96. The number of amides is 1. The summed E-state index contributed by atoms with van der Waals surface area (Å²) in [5.41, 5.74) is 0.527. The molecular weight excluding hydrogens is 301 g/mol. The number of aliphatic hydroxyl groups excluding tert-OH is 1. The van der Waals surface area contributed by atoms with Crippen molar-refractivity contribution < 1.29 is 9.90 Å². The molecule has 1 atom stereocenters. The number of nitrogens with one attached hydrogen (secondary N) is 1. The highest BCUT2D eigenvalue weighted by molar-refractivity contribution is 6.35. The maximum absolute atomic E-state index is 11.7. The molecule has 106 valence electrons. The Morgan fingerprint density at radius 2 is 2.25 bits per heavy atom. The first-order valence-corrected chi connectivity index (χ1v) is 6.67. The molecule has 0 radical (unpaired) electrons. The second-order valence-electron chi connectivity index (χ2n) is 4.22. The van der Waals surface area contributed by atoms with Crippen molar-refractivity contribution in [3.8, 4) is 0 Å². The minimum absolute atomic E-state index is 0.0783. The van der Waals surface area contributed by atoms with Gasteiger partial charge in [0.1, 0.15) is 6.54 Å². The van der Waals surface area contributed by atoms with Gasteiger partial charge < -0.3 is 15.0 Å². The van der Waals surface area contributed by atoms with Crippen molar-refractivity contribution in [2.45, 2.75) is 12.6 Å². The number of hydrogen-bond donors (Lipinski definition) is 2. The van der Waals surface area contributed by atoms with Gasteiger partial charge in [0.2, 0.25) is 5.91 Å². The van der Waals surface area contributed by atoms with Gasteiger partial charge >= 0.3 is 0 Å². The average molecular weight is 314 g/mol. The van der Waals surface area contributed by atoms with Gasteiger partial charge in [-0.2, -0.15) is 0 Å². The summed E-state index contributed by atoms with van der Waals surface area (Å²) in [4.78, 5) is 15.5. The Labute approximate surface area is 126 Å². The Bertz CT molecular complexity index is 587. The zero-order valence-corrected chi connectivity index (χ0v) is 12.0. The number of aromatic nitrogens is 2. The fourth-order valence-corrected chi connectivity index (χ4v) is 2.23. The van der Waals surface area contributed by atoms with Crippen LogP contribution in [0.2, 0.25) is 10.0 Å². The van der Waals surface area contributed by atoms with Gasteiger partial charge in [-0.05, 0) is 12.1 Å². The van der Waals surface area contributed by atoms with Crippen molar-refractivity contribution in [3.05, 3.63) is 52.5 Å². The Morgan fingerprint density at radius 1 is 1.45 bits per heavy atom. The number of hydrogen-bond acceptors (Lipinski definition) is 3. The first-order chi connectivity index (χ1) is 9.56. The van der Waals surface area contributed by atoms with Gasteiger partial charge in [0, 0.05) is 34.5 Å². The van der Waals surface area contributed by atoms with Crippen LogP contribution in [-0.2, 0) is 11.3 Å². The summed E-state index contributed by atoms with van der Waals surface area (Å²) in [7, 11) is 0. The van der Waals surface area contributed by atoms with Crippen LogP contribution >= 0.6 is 23.2 Å². The standard InChI is InChI=1S/C13H13Cl2N3O2/c14-9-1-2-10(11(15)5-9)12(19)6-17-13(20)7-18-4-3-16-8-18/h1-5,8,12,19H,6-7H2,(H,17,20)/t12-/m0/s1. The van der Waals surface area contributed by atoms with Crippen molar-refractivity contribution in [3.63, 3.8) is 0 Å². The molecule has 0 aliphatic rings. The molecule has 20 heavy (non-hydrogen) atoms. The first kappa shape index (κ1) is 14.8. The van der Waals surface area contributed by atoms with E-state index in [9.17, 15) is 9.90 Å². The van der Waals surface area contributed by atoms with Crippen LogP contribution < -0.4 is 5.32 Å². The molecule has 1 heterocycles. The number of aliphatic hydroxyl groups is 1. The number of carbonyl (C=O) groups excluding carboxylic acids is 1. The van der Waals surface area contributed by atoms with Crippen molar-refractivity contribution >= 4 is 29.1 Å². The highest BCUT2D eigenvalue weighted by atomic mass is 35.5. The van der Waals surface area contributed by atoms with E-state index in [1.807, 2.05) is 0 Å². The highest BCUT2D eigenvalue weighted by Gasteiger charge is 2.13. The molecule has 0 fully saturated rings. The molecular formula is C13H13Cl2N3O2. The smallest absolute Gasteiger partial charge is 0.240 e. The van der Waals surface area contributed by atoms with Gasteiger partial charge in [-0.3, -0.25) is 4.79 Å². The third-order valence-electron chi connectivity index (χ3n) is 2.70. The summed E-state index contributed by atoms with van der Waals surface area (Å²) in [5.74, 6) is -0.216. The molecule has 0 saturated heterocycles. The summed E-state index contributed by atoms with van der Waals surface area (Å²) < 4.78 is 1.64. The van der Waals surface area contributed by atoms with Crippen LogP contribution in [0.15, 0.2) is 36.9 Å². The van der Waals surface area contributed by atoms with Gasteiger partial charge in [0.05, 0.1) is 12.4 Å². The maximum Gasteiger partial charge on any atom is 0.240 e. The highest BCUT2D eigenvalue weighted by Crippen LogP contribution is 2.25. The lowest BCUT2D eigenvalue weighted by Crippen LogP contribution is -2.31. The summed E-state index contributed by atoms with van der Waals surface area (Å²) in [6.07, 6.45) is 3.94. The van der Waals surface area contributed by atoms with Crippen molar-refractivity contribution in [2.75, 3.05) is 6.54 Å². The minimum atomic E-state index is -0.883. The van der Waals surface area contributed by atoms with Crippen LogP contribution in [0.1, 0.15) is 11.7 Å². The van der Waals surface area contributed by atoms with Gasteiger partial charge in [-0.15, -0.1) is 0 Å². The molecule has 0 aliphatic carbocycles. The van der Waals surface area contributed by atoms with Gasteiger partial charge in [-0.25, -0.2) is 4.98 Å². The molecule has 0 saturated carbocycles. The molecule has 1 amide bonds. The SMILES string of the molecule is O=C(Cn1ccnc1)NC[C@H](O)c1ccc(Cl)cc1Cl. The molecule has 2 aromatic rings. The molecule has 0 aliphatic heterocycles. The summed E-state index contributed by atoms with van der Waals surface area (Å²) in [6.45, 7) is 0.232. The normalized spacial score (nSPS) is 12.2. The van der Waals surface area contributed by atoms with E-state index >= 15 is 0 Å². The predicted octanol–water partition coefficient (Wildman–Crippen LogP) is 2.04. The molecule has 7 heteroatoms. The Balaban J connectivity index is 1.88. The number of halogens is 2. The molecule has 2 rings (SSSR count). The van der Waals surface area contributed by atoms with Crippen molar-refractivity contribution in [1.82, 2.24) is 14.9 Å². The molecule has 1 aromatic carbocycles. The minimum Gasteiger partial charge on any atom is -0.387 e. The Morgan fingerprint density at radius 3 is 2.90 bits per heavy atom. The lowest BCUT2D eigenvalue weighted by Gasteiger charge is -2.14. The van der Waals surface area contributed by atoms with E-state index in [1.54, 1.807) is 41.5 Å². The predicted molar refractivity (Wildman–Crippen MR) is 76.7 cm³/mol. The first-order valence-electron chi connectivity index (χ1n) is 5.91.